The quantitative estimate of drug-likeness (QED) is 0.0471. The van der Waals surface area contributed by atoms with E-state index >= 15 is 0 Å². The Kier molecular flexibility index (Phi) is 15.7. The van der Waals surface area contributed by atoms with E-state index in [1.807, 2.05) is 0 Å². The van der Waals surface area contributed by atoms with Crippen LogP contribution in [-0.2, 0) is 64.3 Å². The Hall–Kier alpha value is -6.33. The highest BCUT2D eigenvalue weighted by Crippen LogP contribution is 2.50. The molecule has 3 aliphatic rings. The van der Waals surface area contributed by atoms with Crippen molar-refractivity contribution >= 4 is 62.1 Å². The second-order valence-corrected chi connectivity index (χ2v) is 19.2. The number of nitrogens with one attached hydrogen (secondary N) is 1. The molecule has 3 aromatic heterocycles. The average molecular weight is 1050 g/mol. The number of esters is 1. The second-order valence-electron chi connectivity index (χ2n) is 16.6. The van der Waals surface area contributed by atoms with Gasteiger partial charge in [0.15, 0.2) is 30.0 Å². The average Bonchev–Trinajstić information content (AvgIpc) is 4.00. The molecular weight excluding hydrogens is 1000 g/mol. The highest BCUT2D eigenvalue weighted by Gasteiger charge is 2.52. The van der Waals surface area contributed by atoms with Crippen molar-refractivity contribution in [3.8, 4) is 0 Å². The lowest BCUT2D eigenvalue weighted by molar-refractivity contribution is -0.163. The van der Waals surface area contributed by atoms with E-state index in [0.717, 1.165) is 22.0 Å². The molecule has 0 aliphatic carbocycles. The highest BCUT2D eigenvalue weighted by atomic mass is 31.2. The summed E-state index contributed by atoms with van der Waals surface area (Å²) in [6.45, 7) is -2.18. The number of aromatic nitrogens is 6. The fourth-order valence-electron chi connectivity index (χ4n) is 8.15. The number of fused-ring (bicyclic) bond motifs is 1. The van der Waals surface area contributed by atoms with Crippen molar-refractivity contribution in [1.82, 2.24) is 34.0 Å². The van der Waals surface area contributed by atoms with E-state index in [1.54, 1.807) is 24.3 Å². The zero-order valence-electron chi connectivity index (χ0n) is 37.4. The number of benzene rings is 2. The summed E-state index contributed by atoms with van der Waals surface area (Å²) in [7, 11) is -10.7. The number of piperidine rings is 1. The number of phosphoric ester groups is 2. The van der Waals surface area contributed by atoms with Gasteiger partial charge < -0.3 is 60.6 Å². The molecule has 2 aromatic carbocycles. The number of aliphatic hydroxyl groups is 2. The van der Waals surface area contributed by atoms with E-state index < -0.39 is 108 Å². The van der Waals surface area contributed by atoms with E-state index in [1.165, 1.54) is 41.2 Å². The summed E-state index contributed by atoms with van der Waals surface area (Å²) in [4.78, 5) is 99.4. The van der Waals surface area contributed by atoms with Gasteiger partial charge in [-0.25, -0.2) is 42.9 Å². The van der Waals surface area contributed by atoms with E-state index in [-0.39, 0.29) is 54.7 Å². The highest BCUT2D eigenvalue weighted by molar-refractivity contribution is 7.47. The number of imidazole rings is 1. The fraction of sp³-hybridized carbons (Fsp3) is 0.415. The van der Waals surface area contributed by atoms with Crippen LogP contribution in [0.5, 0.6) is 0 Å². The number of phosphoric acid groups is 2. The molecule has 5 aromatic rings. The summed E-state index contributed by atoms with van der Waals surface area (Å²) >= 11 is 0. The number of nitrogens with zero attached hydrogens (tertiary/aromatic N) is 7. The Balaban J connectivity index is 0.950. The minimum Gasteiger partial charge on any atom is -0.455 e. The van der Waals surface area contributed by atoms with Gasteiger partial charge in [-0.1, -0.05) is 24.3 Å². The van der Waals surface area contributed by atoms with Crippen LogP contribution in [0.1, 0.15) is 42.8 Å². The largest absolute Gasteiger partial charge is 0.472 e. The molecule has 386 valence electrons. The number of ether oxygens (including phenoxy) is 4. The third kappa shape index (κ3) is 12.3. The van der Waals surface area contributed by atoms with Crippen LogP contribution in [0, 0.1) is 5.82 Å². The predicted octanol–water partition coefficient (Wildman–Crippen LogP) is 0.799. The summed E-state index contributed by atoms with van der Waals surface area (Å²) < 4.78 is 78.6. The van der Waals surface area contributed by atoms with Gasteiger partial charge in [0.05, 0.1) is 26.0 Å². The van der Waals surface area contributed by atoms with Gasteiger partial charge in [-0.2, -0.15) is 4.98 Å². The van der Waals surface area contributed by atoms with Gasteiger partial charge >= 0.3 is 33.4 Å². The summed E-state index contributed by atoms with van der Waals surface area (Å²) in [6.07, 6.45) is -10.4. The van der Waals surface area contributed by atoms with Gasteiger partial charge in [-0.15, -0.1) is 0 Å². The Morgan fingerprint density at radius 2 is 1.51 bits per heavy atom. The standard InChI is InChI=1S/C41H47FN10O18P2/c42-23-8-4-21(5-9-23)15-29(53)48-24-10-6-22(7-11-24)16-64-41(58)50-13-2-1-3-25(50)39(56)69-33-26(67-38(31(33)54)52-20-47-30-35(44)45-19-46-36(30)52)18-66-72(62,63)70-34-27(17-65-71(59,60)61)68-37(32(34)55)51-14-12-28(43)49-40(51)57/h4-12,14,19-20,25-27,31-34,37-38,54-55H,1-3,13,15-18H2,(H,48,53)(H,62,63)(H2,43,49,57)(H2,44,45,46)(H2,59,60,61)/t25-,26+,27+,31+,32+,33+,34+,37+,38+/m0/s1. The van der Waals surface area contributed by atoms with Crippen LogP contribution in [0.3, 0.4) is 0 Å². The van der Waals surface area contributed by atoms with Gasteiger partial charge in [0.25, 0.3) is 0 Å². The molecular formula is C41H47FN10O18P2. The lowest BCUT2D eigenvalue weighted by Gasteiger charge is -2.34. The van der Waals surface area contributed by atoms with Gasteiger partial charge in [0, 0.05) is 18.4 Å². The third-order valence-corrected chi connectivity index (χ3v) is 13.1. The summed E-state index contributed by atoms with van der Waals surface area (Å²) in [6, 6.07) is 11.9. The molecule has 10 atom stereocenters. The molecule has 10 N–H and O–H groups in total. The topological polar surface area (TPSA) is 397 Å². The number of carbonyl (C=O) groups excluding carboxylic acids is 3. The molecule has 3 aliphatic heterocycles. The molecule has 0 radical (unpaired) electrons. The maximum Gasteiger partial charge on any atom is 0.472 e. The first-order valence-electron chi connectivity index (χ1n) is 21.8. The molecule has 0 spiro atoms. The summed E-state index contributed by atoms with van der Waals surface area (Å²) in [5.41, 5.74) is 12.3. The first-order chi connectivity index (χ1) is 34.2. The number of rotatable bonds is 17. The number of anilines is 3. The van der Waals surface area contributed by atoms with Crippen molar-refractivity contribution in [2.75, 3.05) is 36.5 Å². The minimum atomic E-state index is -5.45. The number of nitrogens with two attached hydrogens (primary N) is 2. The van der Waals surface area contributed by atoms with Crippen LogP contribution < -0.4 is 22.5 Å². The van der Waals surface area contributed by atoms with Crippen molar-refractivity contribution in [3.63, 3.8) is 0 Å². The first-order valence-corrected chi connectivity index (χ1v) is 24.8. The van der Waals surface area contributed by atoms with Crippen LogP contribution in [0.15, 0.2) is 78.2 Å². The molecule has 0 saturated carbocycles. The maximum absolute atomic E-state index is 14.1. The number of hydrogen-bond acceptors (Lipinski definition) is 21. The summed E-state index contributed by atoms with van der Waals surface area (Å²) in [5.74, 6) is -2.01. The number of carbonyl (C=O) groups is 3. The predicted molar refractivity (Wildman–Crippen MR) is 241 cm³/mol. The number of nitrogen functional groups attached to an aromatic ring is 2. The molecule has 8 rings (SSSR count). The normalized spacial score (nSPS) is 25.2. The number of halogens is 1. The smallest absolute Gasteiger partial charge is 0.455 e. The number of amides is 2. The van der Waals surface area contributed by atoms with Crippen molar-refractivity contribution in [2.45, 2.75) is 87.4 Å². The molecule has 1 unspecified atom stereocenters. The molecule has 72 heavy (non-hydrogen) atoms. The molecule has 3 fully saturated rings. The van der Waals surface area contributed by atoms with Crippen molar-refractivity contribution in [1.29, 1.82) is 0 Å². The molecule has 28 nitrogen and oxygen atoms in total. The van der Waals surface area contributed by atoms with Gasteiger partial charge in [-0.3, -0.25) is 32.4 Å². The Labute approximate surface area is 405 Å². The zero-order chi connectivity index (χ0) is 51.5. The Morgan fingerprint density at radius 3 is 2.22 bits per heavy atom. The van der Waals surface area contributed by atoms with Gasteiger partial charge in [-0.05, 0) is 60.7 Å². The molecule has 2 amide bonds. The van der Waals surface area contributed by atoms with Crippen molar-refractivity contribution in [3.05, 3.63) is 101 Å². The van der Waals surface area contributed by atoms with Crippen molar-refractivity contribution < 1.29 is 85.3 Å². The number of likely N-dealkylation sites (tertiary alicyclic amines) is 1. The minimum absolute atomic E-state index is 0.0116. The van der Waals surface area contributed by atoms with Crippen LogP contribution in [0.2, 0.25) is 0 Å². The van der Waals surface area contributed by atoms with E-state index in [4.69, 9.17) is 39.5 Å². The first kappa shape index (κ1) is 52.0. The molecule has 31 heteroatoms. The van der Waals surface area contributed by atoms with E-state index in [2.05, 4.69) is 29.8 Å². The van der Waals surface area contributed by atoms with E-state index in [9.17, 15) is 57.6 Å². The lowest BCUT2D eigenvalue weighted by Crippen LogP contribution is -2.51. The van der Waals surface area contributed by atoms with Gasteiger partial charge in [0.2, 0.25) is 5.91 Å². The number of aliphatic hydroxyl groups excluding tert-OH is 2. The van der Waals surface area contributed by atoms with Crippen LogP contribution in [0.25, 0.3) is 11.2 Å². The molecule has 3 saturated heterocycles. The SMILES string of the molecule is Nc1ccn([C@@H]2O[C@H](COP(=O)(O)O)[C@@H](OP(=O)(O)OC[C@H]3O[C@@H](n4cnc5c(N)ncnc54)[C@H](O)[C@@H]3OC(=O)[C@@H]3CCCCN3C(=O)OCc3ccc(NC(=O)Cc4ccc(F)cc4)cc3)[C@H]2O)c(=O)n1. The lowest BCUT2D eigenvalue weighted by atomic mass is 10.0. The van der Waals surface area contributed by atoms with Crippen molar-refractivity contribution in [2.24, 2.45) is 0 Å². The fourth-order valence-corrected chi connectivity index (χ4v) is 9.46. The number of hydrogen-bond donors (Lipinski definition) is 8. The third-order valence-electron chi connectivity index (χ3n) is 11.6. The molecule has 0 bridgehead atoms. The maximum atomic E-state index is 14.1. The monoisotopic (exact) mass is 1050 g/mol. The van der Waals surface area contributed by atoms with Crippen LogP contribution in [-0.4, -0.2) is 139 Å². The van der Waals surface area contributed by atoms with Crippen LogP contribution >= 0.6 is 15.6 Å². The second kappa shape index (κ2) is 21.8. The Morgan fingerprint density at radius 1 is 0.847 bits per heavy atom. The summed E-state index contributed by atoms with van der Waals surface area (Å²) in [5, 5.41) is 25.7. The zero-order valence-corrected chi connectivity index (χ0v) is 39.2. The van der Waals surface area contributed by atoms with E-state index in [0.29, 0.717) is 29.7 Å². The Bertz CT molecular complexity index is 2930. The van der Waals surface area contributed by atoms with Crippen LogP contribution in [0.4, 0.5) is 26.5 Å². The van der Waals surface area contributed by atoms with Gasteiger partial charge in [0.1, 0.15) is 66.6 Å². The molecule has 6 heterocycles.